The van der Waals surface area contributed by atoms with Crippen LogP contribution >= 0.6 is 0 Å². The second kappa shape index (κ2) is 5.21. The molecule has 0 bridgehead atoms. The van der Waals surface area contributed by atoms with Gasteiger partial charge in [0.05, 0.1) is 18.9 Å². The van der Waals surface area contributed by atoms with E-state index < -0.39 is 0 Å². The summed E-state index contributed by atoms with van der Waals surface area (Å²) >= 11 is 0. The smallest absolute Gasteiger partial charge is 0.172 e. The average Bonchev–Trinajstić information content (AvgIpc) is 2.88. The van der Waals surface area contributed by atoms with Crippen molar-refractivity contribution in [1.82, 2.24) is 0 Å². The first-order valence-corrected chi connectivity index (χ1v) is 5.12. The maximum atomic E-state index is 10.9. The Morgan fingerprint density at radius 1 is 1.29 bits per heavy atom. The fourth-order valence-corrected chi connectivity index (χ4v) is 1.48. The molecule has 4 nitrogen and oxygen atoms in total. The Morgan fingerprint density at radius 3 is 2.82 bits per heavy atom. The molecule has 0 saturated carbocycles. The highest BCUT2D eigenvalue weighted by Crippen LogP contribution is 2.30. The van der Waals surface area contributed by atoms with Crippen LogP contribution in [-0.4, -0.2) is 13.4 Å². The summed E-state index contributed by atoms with van der Waals surface area (Å²) in [6, 6.07) is 8.73. The van der Waals surface area contributed by atoms with Gasteiger partial charge in [0, 0.05) is 0 Å². The van der Waals surface area contributed by atoms with Crippen molar-refractivity contribution in [3.8, 4) is 11.5 Å². The highest BCUT2D eigenvalue weighted by atomic mass is 16.5. The molecule has 2 aromatic rings. The number of hydrogen-bond donors (Lipinski definition) is 0. The molecule has 88 valence electrons. The van der Waals surface area contributed by atoms with E-state index in [1.54, 1.807) is 36.6 Å². The summed E-state index contributed by atoms with van der Waals surface area (Å²) < 4.78 is 15.8. The molecule has 0 radical (unpaired) electrons. The lowest BCUT2D eigenvalue weighted by Crippen LogP contribution is -1.99. The van der Waals surface area contributed by atoms with Crippen molar-refractivity contribution >= 4 is 6.29 Å². The molecule has 1 heterocycles. The molecule has 1 aromatic carbocycles. The molecule has 4 heteroatoms. The number of ether oxygens (including phenoxy) is 2. The first-order chi connectivity index (χ1) is 8.35. The topological polar surface area (TPSA) is 48.7 Å². The van der Waals surface area contributed by atoms with Crippen molar-refractivity contribution in [3.63, 3.8) is 0 Å². The monoisotopic (exact) mass is 232 g/mol. The second-order valence-corrected chi connectivity index (χ2v) is 3.36. The molecule has 0 atom stereocenters. The van der Waals surface area contributed by atoms with Gasteiger partial charge in [-0.2, -0.15) is 0 Å². The zero-order valence-electron chi connectivity index (χ0n) is 9.38. The minimum Gasteiger partial charge on any atom is -0.493 e. The van der Waals surface area contributed by atoms with E-state index in [9.17, 15) is 4.79 Å². The van der Waals surface area contributed by atoms with Crippen LogP contribution in [0.2, 0.25) is 0 Å². The third kappa shape index (κ3) is 2.47. The highest BCUT2D eigenvalue weighted by Gasteiger charge is 2.10. The second-order valence-electron chi connectivity index (χ2n) is 3.36. The van der Waals surface area contributed by atoms with Gasteiger partial charge in [-0.15, -0.1) is 0 Å². The molecular formula is C13H12O4. The number of rotatable bonds is 5. The van der Waals surface area contributed by atoms with Crippen molar-refractivity contribution in [1.29, 1.82) is 0 Å². The van der Waals surface area contributed by atoms with E-state index in [1.165, 1.54) is 7.11 Å². The van der Waals surface area contributed by atoms with Gasteiger partial charge in [-0.05, 0) is 24.3 Å². The maximum Gasteiger partial charge on any atom is 0.172 e. The lowest BCUT2D eigenvalue weighted by molar-refractivity contribution is 0.111. The summed E-state index contributed by atoms with van der Waals surface area (Å²) in [5.41, 5.74) is 0.455. The Bertz CT molecular complexity index is 488. The van der Waals surface area contributed by atoms with Crippen molar-refractivity contribution in [2.24, 2.45) is 0 Å². The van der Waals surface area contributed by atoms with Crippen LogP contribution in [0.25, 0.3) is 0 Å². The van der Waals surface area contributed by atoms with Crippen LogP contribution in [0.15, 0.2) is 41.0 Å². The van der Waals surface area contributed by atoms with Crippen molar-refractivity contribution in [2.75, 3.05) is 7.11 Å². The van der Waals surface area contributed by atoms with E-state index in [4.69, 9.17) is 13.9 Å². The van der Waals surface area contributed by atoms with Gasteiger partial charge in [-0.25, -0.2) is 0 Å². The predicted molar refractivity (Wildman–Crippen MR) is 61.4 cm³/mol. The fourth-order valence-electron chi connectivity index (χ4n) is 1.48. The van der Waals surface area contributed by atoms with Gasteiger partial charge in [-0.3, -0.25) is 4.79 Å². The summed E-state index contributed by atoms with van der Waals surface area (Å²) in [6.45, 7) is 0.258. The fraction of sp³-hybridized carbons (Fsp3) is 0.154. The number of hydrogen-bond acceptors (Lipinski definition) is 4. The summed E-state index contributed by atoms with van der Waals surface area (Å²) in [7, 11) is 1.53. The molecule has 2 rings (SSSR count). The van der Waals surface area contributed by atoms with Gasteiger partial charge >= 0.3 is 0 Å². The Morgan fingerprint density at radius 2 is 2.18 bits per heavy atom. The molecule has 0 spiro atoms. The van der Waals surface area contributed by atoms with Crippen LogP contribution in [-0.2, 0) is 6.61 Å². The minimum atomic E-state index is 0.258. The van der Waals surface area contributed by atoms with Crippen LogP contribution in [0.3, 0.4) is 0 Å². The molecule has 0 amide bonds. The van der Waals surface area contributed by atoms with Gasteiger partial charge < -0.3 is 13.9 Å². The quantitative estimate of drug-likeness (QED) is 0.743. The van der Waals surface area contributed by atoms with Crippen LogP contribution in [0.5, 0.6) is 11.5 Å². The Kier molecular flexibility index (Phi) is 3.45. The van der Waals surface area contributed by atoms with Crippen molar-refractivity contribution in [3.05, 3.63) is 47.9 Å². The minimum absolute atomic E-state index is 0.258. The first kappa shape index (κ1) is 11.3. The predicted octanol–water partition coefficient (Wildman–Crippen LogP) is 2.68. The average molecular weight is 232 g/mol. The molecule has 0 unspecified atom stereocenters. The molecule has 0 N–H and O–H groups in total. The number of methoxy groups -OCH3 is 1. The van der Waals surface area contributed by atoms with Crippen LogP contribution in [0.4, 0.5) is 0 Å². The number of carbonyl (C=O) groups excluding carboxylic acids is 1. The van der Waals surface area contributed by atoms with Crippen LogP contribution < -0.4 is 9.47 Å². The highest BCUT2D eigenvalue weighted by molar-refractivity contribution is 5.81. The molecule has 17 heavy (non-hydrogen) atoms. The van der Waals surface area contributed by atoms with E-state index in [0.29, 0.717) is 22.8 Å². The Labute approximate surface area is 98.8 Å². The Hall–Kier alpha value is -2.23. The summed E-state index contributed by atoms with van der Waals surface area (Å²) in [4.78, 5) is 10.9. The zero-order valence-corrected chi connectivity index (χ0v) is 9.38. The van der Waals surface area contributed by atoms with E-state index in [1.807, 2.05) is 0 Å². The first-order valence-electron chi connectivity index (χ1n) is 5.12. The zero-order chi connectivity index (χ0) is 12.1. The van der Waals surface area contributed by atoms with Gasteiger partial charge in [0.15, 0.2) is 17.8 Å². The largest absolute Gasteiger partial charge is 0.493 e. The normalized spacial score (nSPS) is 9.94. The standard InChI is InChI=1S/C13H12O4/c1-15-12-6-2-4-10(8-14)13(12)17-9-11-5-3-7-16-11/h2-8H,9H2,1H3. The van der Waals surface area contributed by atoms with E-state index >= 15 is 0 Å². The van der Waals surface area contributed by atoms with Gasteiger partial charge in [0.1, 0.15) is 12.4 Å². The van der Waals surface area contributed by atoms with Gasteiger partial charge in [0.2, 0.25) is 0 Å². The van der Waals surface area contributed by atoms with Crippen LogP contribution in [0, 0.1) is 0 Å². The molecule has 0 fully saturated rings. The van der Waals surface area contributed by atoms with Crippen molar-refractivity contribution in [2.45, 2.75) is 6.61 Å². The van der Waals surface area contributed by atoms with E-state index in [0.717, 1.165) is 6.29 Å². The molecule has 0 aliphatic carbocycles. The number of para-hydroxylation sites is 1. The van der Waals surface area contributed by atoms with Gasteiger partial charge in [0.25, 0.3) is 0 Å². The molecule has 0 aliphatic rings. The van der Waals surface area contributed by atoms with Crippen molar-refractivity contribution < 1.29 is 18.7 Å². The molecule has 0 saturated heterocycles. The summed E-state index contributed by atoms with van der Waals surface area (Å²) in [6.07, 6.45) is 2.31. The van der Waals surface area contributed by atoms with Gasteiger partial charge in [-0.1, -0.05) is 6.07 Å². The lowest BCUT2D eigenvalue weighted by Gasteiger charge is -2.11. The maximum absolute atomic E-state index is 10.9. The van der Waals surface area contributed by atoms with Crippen LogP contribution in [0.1, 0.15) is 16.1 Å². The summed E-state index contributed by atoms with van der Waals surface area (Å²) in [5, 5.41) is 0. The summed E-state index contributed by atoms with van der Waals surface area (Å²) in [5.74, 6) is 1.65. The van der Waals surface area contributed by atoms with E-state index in [-0.39, 0.29) is 6.61 Å². The number of carbonyl (C=O) groups is 1. The Balaban J connectivity index is 2.21. The SMILES string of the molecule is COc1cccc(C=O)c1OCc1ccco1. The van der Waals surface area contributed by atoms with E-state index in [2.05, 4.69) is 0 Å². The molecule has 1 aromatic heterocycles. The number of furan rings is 1. The third-order valence-corrected chi connectivity index (χ3v) is 2.30. The molecule has 0 aliphatic heterocycles. The lowest BCUT2D eigenvalue weighted by atomic mass is 10.2. The molecular weight excluding hydrogens is 220 g/mol. The number of benzene rings is 1. The number of aldehydes is 1. The third-order valence-electron chi connectivity index (χ3n) is 2.30.